The van der Waals surface area contributed by atoms with Crippen LogP contribution >= 0.6 is 11.6 Å². The van der Waals surface area contributed by atoms with E-state index in [0.717, 1.165) is 11.6 Å². The Labute approximate surface area is 125 Å². The summed E-state index contributed by atoms with van der Waals surface area (Å²) in [4.78, 5) is 3.33. The number of benzene rings is 1. The molecule has 0 radical (unpaired) electrons. The van der Waals surface area contributed by atoms with Gasteiger partial charge in [-0.1, -0.05) is 48.0 Å². The molecule has 0 fully saturated rings. The Morgan fingerprint density at radius 3 is 2.24 bits per heavy atom. The Kier molecular flexibility index (Phi) is 4.25. The van der Waals surface area contributed by atoms with E-state index in [1.165, 1.54) is 13.0 Å². The van der Waals surface area contributed by atoms with E-state index in [0.29, 0.717) is 0 Å². The van der Waals surface area contributed by atoms with E-state index >= 15 is 0 Å². The van der Waals surface area contributed by atoms with Crippen LogP contribution in [0.1, 0.15) is 23.7 Å². The molecule has 0 saturated carbocycles. The number of hydrogen-bond acceptors (Lipinski definition) is 2. The first-order valence-electron chi connectivity index (χ1n) is 6.21. The van der Waals surface area contributed by atoms with Gasteiger partial charge in [0.05, 0.1) is 5.60 Å². The van der Waals surface area contributed by atoms with Crippen LogP contribution in [0.5, 0.6) is 0 Å². The van der Waals surface area contributed by atoms with Gasteiger partial charge in [-0.2, -0.15) is 13.2 Å². The fourth-order valence-corrected chi connectivity index (χ4v) is 2.44. The summed E-state index contributed by atoms with van der Waals surface area (Å²) in [7, 11) is 0. The number of rotatable bonds is 3. The molecule has 0 spiro atoms. The van der Waals surface area contributed by atoms with Gasteiger partial charge < -0.3 is 5.11 Å². The van der Waals surface area contributed by atoms with Crippen molar-refractivity contribution in [3.8, 4) is 0 Å². The van der Waals surface area contributed by atoms with E-state index in [2.05, 4.69) is 4.98 Å². The van der Waals surface area contributed by atoms with Crippen LogP contribution in [-0.4, -0.2) is 10.1 Å². The summed E-state index contributed by atoms with van der Waals surface area (Å²) in [6, 6.07) is 11.1. The van der Waals surface area contributed by atoms with Gasteiger partial charge >= 0.3 is 6.18 Å². The van der Waals surface area contributed by atoms with Gasteiger partial charge in [0.1, 0.15) is 10.8 Å². The number of nitrogens with zero attached hydrogens (tertiary/aromatic N) is 1. The van der Waals surface area contributed by atoms with Gasteiger partial charge in [0.15, 0.2) is 0 Å². The van der Waals surface area contributed by atoms with Crippen LogP contribution in [0.4, 0.5) is 13.2 Å². The van der Waals surface area contributed by atoms with Crippen molar-refractivity contribution in [1.29, 1.82) is 0 Å². The molecule has 0 saturated heterocycles. The second kappa shape index (κ2) is 5.66. The van der Waals surface area contributed by atoms with Gasteiger partial charge in [-0.25, -0.2) is 4.98 Å². The maximum absolute atomic E-state index is 12.6. The van der Waals surface area contributed by atoms with Gasteiger partial charge in [0, 0.05) is 12.0 Å². The third-order valence-corrected chi connectivity index (χ3v) is 3.40. The third kappa shape index (κ3) is 3.74. The summed E-state index contributed by atoms with van der Waals surface area (Å²) in [5, 5.41) is 10.2. The van der Waals surface area contributed by atoms with Gasteiger partial charge in [-0.05, 0) is 18.6 Å². The van der Waals surface area contributed by atoms with Gasteiger partial charge in [0.2, 0.25) is 0 Å². The fourth-order valence-electron chi connectivity index (χ4n) is 2.08. The lowest BCUT2D eigenvalue weighted by Crippen LogP contribution is -2.25. The first-order chi connectivity index (χ1) is 9.70. The Balaban J connectivity index is 2.32. The summed E-state index contributed by atoms with van der Waals surface area (Å²) < 4.78 is 37.7. The molecule has 0 bridgehead atoms. The Hall–Kier alpha value is -1.59. The SMILES string of the molecule is CC(O)(Cc1ccccc1)c1ccc(C(F)(F)F)nc1Cl. The molecule has 0 aliphatic rings. The number of aromatic nitrogens is 1. The van der Waals surface area contributed by atoms with Crippen molar-refractivity contribution < 1.29 is 18.3 Å². The Morgan fingerprint density at radius 1 is 1.10 bits per heavy atom. The van der Waals surface area contributed by atoms with Crippen molar-refractivity contribution in [3.63, 3.8) is 0 Å². The minimum absolute atomic E-state index is 0.168. The van der Waals surface area contributed by atoms with Crippen molar-refractivity contribution in [2.24, 2.45) is 0 Å². The molecule has 1 aromatic heterocycles. The highest BCUT2D eigenvalue weighted by atomic mass is 35.5. The van der Waals surface area contributed by atoms with E-state index in [9.17, 15) is 18.3 Å². The molecule has 0 aliphatic carbocycles. The highest BCUT2D eigenvalue weighted by molar-refractivity contribution is 6.30. The van der Waals surface area contributed by atoms with Gasteiger partial charge in [-0.3, -0.25) is 0 Å². The van der Waals surface area contributed by atoms with E-state index in [-0.39, 0.29) is 17.1 Å². The zero-order valence-electron chi connectivity index (χ0n) is 11.2. The van der Waals surface area contributed by atoms with Crippen LogP contribution in [-0.2, 0) is 18.2 Å². The second-order valence-corrected chi connectivity index (χ2v) is 5.33. The quantitative estimate of drug-likeness (QED) is 0.861. The molecule has 1 N–H and O–H groups in total. The highest BCUT2D eigenvalue weighted by Gasteiger charge is 2.35. The van der Waals surface area contributed by atoms with Crippen LogP contribution in [0.15, 0.2) is 42.5 Å². The molecule has 2 nitrogen and oxygen atoms in total. The number of aliphatic hydroxyl groups is 1. The minimum atomic E-state index is -4.56. The number of alkyl halides is 3. The molecule has 2 rings (SSSR count). The zero-order valence-corrected chi connectivity index (χ0v) is 11.9. The van der Waals surface area contributed by atoms with Crippen molar-refractivity contribution in [2.75, 3.05) is 0 Å². The molecule has 1 atom stereocenters. The molecule has 0 amide bonds. The first kappa shape index (κ1) is 15.8. The summed E-state index contributed by atoms with van der Waals surface area (Å²) in [6.45, 7) is 1.50. The maximum Gasteiger partial charge on any atom is 0.433 e. The molecule has 112 valence electrons. The van der Waals surface area contributed by atoms with E-state index in [1.807, 2.05) is 30.3 Å². The van der Waals surface area contributed by atoms with Crippen LogP contribution in [0.3, 0.4) is 0 Å². The summed E-state index contributed by atoms with van der Waals surface area (Å²) >= 11 is 5.82. The van der Waals surface area contributed by atoms with Crippen molar-refractivity contribution >= 4 is 11.6 Å². The number of halogens is 4. The molecule has 1 unspecified atom stereocenters. The topological polar surface area (TPSA) is 33.1 Å². The number of pyridine rings is 1. The van der Waals surface area contributed by atoms with E-state index in [1.54, 1.807) is 0 Å². The molecule has 2 aromatic rings. The van der Waals surface area contributed by atoms with Gasteiger partial charge in [-0.15, -0.1) is 0 Å². The minimum Gasteiger partial charge on any atom is -0.385 e. The van der Waals surface area contributed by atoms with Crippen LogP contribution in [0, 0.1) is 0 Å². The first-order valence-corrected chi connectivity index (χ1v) is 6.58. The molecule has 6 heteroatoms. The predicted octanol–water partition coefficient (Wildman–Crippen LogP) is 4.20. The lowest BCUT2D eigenvalue weighted by molar-refractivity contribution is -0.141. The number of hydrogen-bond donors (Lipinski definition) is 1. The standard InChI is InChI=1S/C15H13ClF3NO/c1-14(21,9-10-5-3-2-4-6-10)11-7-8-12(15(17,18)19)20-13(11)16/h2-8,21H,9H2,1H3. The fraction of sp³-hybridized carbons (Fsp3) is 0.267. The molecular weight excluding hydrogens is 303 g/mol. The van der Waals surface area contributed by atoms with Crippen molar-refractivity contribution in [2.45, 2.75) is 25.1 Å². The third-order valence-electron chi connectivity index (χ3n) is 3.11. The van der Waals surface area contributed by atoms with Gasteiger partial charge in [0.25, 0.3) is 0 Å². The van der Waals surface area contributed by atoms with E-state index < -0.39 is 17.5 Å². The second-order valence-electron chi connectivity index (χ2n) is 4.97. The monoisotopic (exact) mass is 315 g/mol. The van der Waals surface area contributed by atoms with Crippen molar-refractivity contribution in [3.05, 3.63) is 64.4 Å². The molecule has 0 aliphatic heterocycles. The normalized spacial score (nSPS) is 14.8. The molecule has 21 heavy (non-hydrogen) atoms. The maximum atomic E-state index is 12.6. The molecule has 1 heterocycles. The van der Waals surface area contributed by atoms with Crippen LogP contribution < -0.4 is 0 Å². The van der Waals surface area contributed by atoms with Crippen molar-refractivity contribution in [1.82, 2.24) is 4.98 Å². The highest BCUT2D eigenvalue weighted by Crippen LogP contribution is 2.34. The largest absolute Gasteiger partial charge is 0.433 e. The summed E-state index contributed by atoms with van der Waals surface area (Å²) in [5.41, 5.74) is -1.47. The predicted molar refractivity (Wildman–Crippen MR) is 74.0 cm³/mol. The van der Waals surface area contributed by atoms with E-state index in [4.69, 9.17) is 11.6 Å². The average Bonchev–Trinajstić information content (AvgIpc) is 2.37. The van der Waals surface area contributed by atoms with Crippen LogP contribution in [0.25, 0.3) is 0 Å². The van der Waals surface area contributed by atoms with Crippen LogP contribution in [0.2, 0.25) is 5.15 Å². The lowest BCUT2D eigenvalue weighted by Gasteiger charge is -2.25. The molecular formula is C15H13ClF3NO. The Morgan fingerprint density at radius 2 is 1.71 bits per heavy atom. The average molecular weight is 316 g/mol. The Bertz CT molecular complexity index is 627. The summed E-state index contributed by atoms with van der Waals surface area (Å²) in [5.74, 6) is 0. The summed E-state index contributed by atoms with van der Waals surface area (Å²) in [6.07, 6.45) is -4.34. The molecule has 1 aromatic carbocycles. The smallest absolute Gasteiger partial charge is 0.385 e. The zero-order chi connectivity index (χ0) is 15.7. The lowest BCUT2D eigenvalue weighted by atomic mass is 9.90.